The van der Waals surface area contributed by atoms with Gasteiger partial charge in [0, 0.05) is 11.6 Å². The van der Waals surface area contributed by atoms with Crippen molar-refractivity contribution in [2.24, 2.45) is 0 Å². The van der Waals surface area contributed by atoms with E-state index in [0.717, 1.165) is 0 Å². The Hall–Kier alpha value is -1.35. The number of sulfonamides is 1. The molecule has 1 amide bonds. The van der Waals surface area contributed by atoms with Gasteiger partial charge in [-0.25, -0.2) is 17.9 Å². The van der Waals surface area contributed by atoms with Crippen LogP contribution in [0.2, 0.25) is 0 Å². The van der Waals surface area contributed by atoms with E-state index in [9.17, 15) is 18.0 Å². The van der Waals surface area contributed by atoms with Gasteiger partial charge < -0.3 is 14.8 Å². The largest absolute Gasteiger partial charge is 0.469 e. The summed E-state index contributed by atoms with van der Waals surface area (Å²) in [5, 5.41) is 2.52. The first kappa shape index (κ1) is 22.6. The zero-order chi connectivity index (χ0) is 19.2. The summed E-state index contributed by atoms with van der Waals surface area (Å²) in [5.41, 5.74) is -1.30. The first-order chi connectivity index (χ1) is 10.6. The van der Waals surface area contributed by atoms with Gasteiger partial charge in [-0.1, -0.05) is 0 Å². The van der Waals surface area contributed by atoms with Gasteiger partial charge in [0.2, 0.25) is 10.0 Å². The molecule has 9 heteroatoms. The van der Waals surface area contributed by atoms with Crippen LogP contribution in [0.15, 0.2) is 0 Å². The van der Waals surface area contributed by atoms with Crippen molar-refractivity contribution in [1.29, 1.82) is 0 Å². The number of rotatable bonds is 7. The van der Waals surface area contributed by atoms with Crippen LogP contribution >= 0.6 is 0 Å². The number of carbonyl (C=O) groups is 2. The average Bonchev–Trinajstić information content (AvgIpc) is 2.30. The second kappa shape index (κ2) is 8.66. The number of nitrogens with one attached hydrogen (secondary N) is 2. The predicted molar refractivity (Wildman–Crippen MR) is 91.1 cm³/mol. The molecule has 1 atom stereocenters. The van der Waals surface area contributed by atoms with E-state index in [1.165, 1.54) is 7.11 Å². The first-order valence-electron chi connectivity index (χ1n) is 7.71. The highest BCUT2D eigenvalue weighted by Gasteiger charge is 2.25. The molecule has 0 bridgehead atoms. The van der Waals surface area contributed by atoms with Crippen LogP contribution in [0.25, 0.3) is 0 Å². The quantitative estimate of drug-likeness (QED) is 0.661. The molecule has 0 unspecified atom stereocenters. The lowest BCUT2D eigenvalue weighted by molar-refractivity contribution is -0.141. The molecule has 2 N–H and O–H groups in total. The van der Waals surface area contributed by atoms with Crippen LogP contribution in [0.5, 0.6) is 0 Å². The lowest BCUT2D eigenvalue weighted by atomic mass is 10.1. The normalized spacial score (nSPS) is 14.0. The summed E-state index contributed by atoms with van der Waals surface area (Å²) in [5.74, 6) is -0.779. The summed E-state index contributed by atoms with van der Waals surface area (Å²) < 4.78 is 36.3. The second-order valence-corrected chi connectivity index (χ2v) is 9.42. The van der Waals surface area contributed by atoms with Crippen molar-refractivity contribution in [3.05, 3.63) is 0 Å². The van der Waals surface area contributed by atoms with Gasteiger partial charge in [0.25, 0.3) is 0 Å². The van der Waals surface area contributed by atoms with Crippen molar-refractivity contribution in [2.45, 2.75) is 71.6 Å². The lowest BCUT2D eigenvalue weighted by Gasteiger charge is -2.24. The summed E-state index contributed by atoms with van der Waals surface area (Å²) in [7, 11) is -2.32. The van der Waals surface area contributed by atoms with Crippen molar-refractivity contribution in [2.75, 3.05) is 12.9 Å². The Morgan fingerprint density at radius 2 is 1.62 bits per heavy atom. The van der Waals surface area contributed by atoms with Crippen molar-refractivity contribution >= 4 is 22.1 Å². The Kier molecular flexibility index (Phi) is 8.17. The molecule has 0 heterocycles. The number of amides is 1. The monoisotopic (exact) mass is 366 g/mol. The molecular formula is C15H30N2O6S. The standard InChI is InChI=1S/C15H30N2O6S/c1-14(2,3)17-24(20,21)9-8-11(10-12(18)22-7)16-13(19)23-15(4,5)6/h11,17H,8-10H2,1-7H3,(H,16,19)/t11-/m0/s1. The van der Waals surface area contributed by atoms with Crippen LogP contribution in [0.1, 0.15) is 54.4 Å². The van der Waals surface area contributed by atoms with Gasteiger partial charge in [0.15, 0.2) is 0 Å². The van der Waals surface area contributed by atoms with Gasteiger partial charge in [-0.3, -0.25) is 4.79 Å². The molecule has 0 spiro atoms. The smallest absolute Gasteiger partial charge is 0.407 e. The fourth-order valence-electron chi connectivity index (χ4n) is 1.80. The molecule has 24 heavy (non-hydrogen) atoms. The summed E-state index contributed by atoms with van der Waals surface area (Å²) in [4.78, 5) is 23.3. The van der Waals surface area contributed by atoms with Crippen molar-refractivity contribution in [1.82, 2.24) is 10.0 Å². The van der Waals surface area contributed by atoms with Gasteiger partial charge in [-0.05, 0) is 48.0 Å². The first-order valence-corrected chi connectivity index (χ1v) is 9.37. The van der Waals surface area contributed by atoms with Gasteiger partial charge in [-0.2, -0.15) is 0 Å². The van der Waals surface area contributed by atoms with Crippen LogP contribution in [0, 0.1) is 0 Å². The van der Waals surface area contributed by atoms with Gasteiger partial charge in [0.05, 0.1) is 19.3 Å². The van der Waals surface area contributed by atoms with Crippen molar-refractivity contribution < 1.29 is 27.5 Å². The molecule has 8 nitrogen and oxygen atoms in total. The third-order valence-electron chi connectivity index (χ3n) is 2.56. The predicted octanol–water partition coefficient (Wildman–Crippen LogP) is 1.55. The maximum Gasteiger partial charge on any atom is 0.407 e. The molecule has 0 aromatic carbocycles. The van der Waals surface area contributed by atoms with E-state index in [1.54, 1.807) is 41.5 Å². The highest BCUT2D eigenvalue weighted by molar-refractivity contribution is 7.89. The fraction of sp³-hybridized carbons (Fsp3) is 0.867. The SMILES string of the molecule is COC(=O)C[C@H](CCS(=O)(=O)NC(C)(C)C)NC(=O)OC(C)(C)C. The van der Waals surface area contributed by atoms with Crippen LogP contribution < -0.4 is 10.0 Å². The van der Waals surface area contributed by atoms with Crippen LogP contribution in [0.4, 0.5) is 4.79 Å². The fourth-order valence-corrected chi connectivity index (χ4v) is 3.43. The highest BCUT2D eigenvalue weighted by atomic mass is 32.2. The van der Waals surface area contributed by atoms with Crippen LogP contribution in [-0.4, -0.2) is 50.5 Å². The van der Waals surface area contributed by atoms with E-state index in [-0.39, 0.29) is 18.6 Å². The molecule has 142 valence electrons. The van der Waals surface area contributed by atoms with E-state index in [2.05, 4.69) is 14.8 Å². The van der Waals surface area contributed by atoms with Gasteiger partial charge in [-0.15, -0.1) is 0 Å². The minimum atomic E-state index is -3.54. The number of alkyl carbamates (subject to hydrolysis) is 1. The third kappa shape index (κ3) is 12.1. The molecule has 0 radical (unpaired) electrons. The molecule has 0 aromatic heterocycles. The van der Waals surface area contributed by atoms with Gasteiger partial charge >= 0.3 is 12.1 Å². The second-order valence-electron chi connectivity index (χ2n) is 7.58. The van der Waals surface area contributed by atoms with E-state index in [1.807, 2.05) is 0 Å². The molecular weight excluding hydrogens is 336 g/mol. The van der Waals surface area contributed by atoms with Crippen LogP contribution in [-0.2, 0) is 24.3 Å². The summed E-state index contributed by atoms with van der Waals surface area (Å²) in [6.07, 6.45) is -0.793. The van der Waals surface area contributed by atoms with E-state index < -0.39 is 39.3 Å². The topological polar surface area (TPSA) is 111 Å². The Balaban J connectivity index is 4.85. The Morgan fingerprint density at radius 3 is 2.04 bits per heavy atom. The summed E-state index contributed by atoms with van der Waals surface area (Å²) in [6.45, 7) is 10.3. The van der Waals surface area contributed by atoms with E-state index >= 15 is 0 Å². The molecule has 0 aliphatic heterocycles. The molecule has 0 saturated carbocycles. The highest BCUT2D eigenvalue weighted by Crippen LogP contribution is 2.10. The van der Waals surface area contributed by atoms with Crippen molar-refractivity contribution in [3.63, 3.8) is 0 Å². The summed E-state index contributed by atoms with van der Waals surface area (Å²) in [6, 6.07) is -0.705. The number of carbonyl (C=O) groups excluding carboxylic acids is 2. The minimum Gasteiger partial charge on any atom is -0.469 e. The number of hydrogen-bond acceptors (Lipinski definition) is 6. The lowest BCUT2D eigenvalue weighted by Crippen LogP contribution is -2.44. The third-order valence-corrected chi connectivity index (χ3v) is 4.25. The minimum absolute atomic E-state index is 0.0553. The average molecular weight is 366 g/mol. The molecule has 0 rings (SSSR count). The Labute approximate surface area is 144 Å². The maximum absolute atomic E-state index is 12.0. The molecule has 0 aliphatic carbocycles. The number of esters is 1. The number of ether oxygens (including phenoxy) is 2. The maximum atomic E-state index is 12.0. The number of methoxy groups -OCH3 is 1. The van der Waals surface area contributed by atoms with Crippen molar-refractivity contribution in [3.8, 4) is 0 Å². The molecule has 0 fully saturated rings. The molecule has 0 aliphatic rings. The Bertz CT molecular complexity index is 531. The molecule has 0 aromatic rings. The molecule has 0 saturated heterocycles. The van der Waals surface area contributed by atoms with Gasteiger partial charge in [0.1, 0.15) is 5.60 Å². The van der Waals surface area contributed by atoms with E-state index in [0.29, 0.717) is 0 Å². The zero-order valence-corrected chi connectivity index (χ0v) is 16.4. The zero-order valence-electron chi connectivity index (χ0n) is 15.6. The summed E-state index contributed by atoms with van der Waals surface area (Å²) >= 11 is 0. The Morgan fingerprint density at radius 1 is 1.08 bits per heavy atom. The van der Waals surface area contributed by atoms with Crippen LogP contribution in [0.3, 0.4) is 0 Å². The van der Waals surface area contributed by atoms with E-state index in [4.69, 9.17) is 4.74 Å². The number of hydrogen-bond donors (Lipinski definition) is 2.